The Morgan fingerprint density at radius 2 is 2.29 bits per heavy atom. The molecule has 0 aromatic heterocycles. The summed E-state index contributed by atoms with van der Waals surface area (Å²) in [6.07, 6.45) is 1.30. The summed E-state index contributed by atoms with van der Waals surface area (Å²) in [4.78, 5) is 13.7. The van der Waals surface area contributed by atoms with Crippen molar-refractivity contribution in [2.24, 2.45) is 0 Å². The van der Waals surface area contributed by atoms with E-state index < -0.39 is 0 Å². The third-order valence-corrected chi connectivity index (χ3v) is 3.01. The van der Waals surface area contributed by atoms with Gasteiger partial charge in [-0.05, 0) is 38.5 Å². The van der Waals surface area contributed by atoms with E-state index in [1.807, 2.05) is 18.2 Å². The highest BCUT2D eigenvalue weighted by atomic mass is 16.5. The van der Waals surface area contributed by atoms with Gasteiger partial charge in [-0.1, -0.05) is 6.92 Å². The third-order valence-electron chi connectivity index (χ3n) is 3.01. The van der Waals surface area contributed by atoms with Crippen molar-refractivity contribution < 1.29 is 9.53 Å². The van der Waals surface area contributed by atoms with Gasteiger partial charge in [-0.25, -0.2) is 0 Å². The van der Waals surface area contributed by atoms with Crippen molar-refractivity contribution in [2.75, 3.05) is 18.0 Å². The summed E-state index contributed by atoms with van der Waals surface area (Å²) in [5, 5.41) is 0. The number of ketones is 1. The zero-order valence-electron chi connectivity index (χ0n) is 10.7. The van der Waals surface area contributed by atoms with Crippen LogP contribution in [-0.4, -0.2) is 25.0 Å². The molecule has 1 aliphatic rings. The van der Waals surface area contributed by atoms with Crippen LogP contribution in [0.15, 0.2) is 18.2 Å². The molecule has 1 aromatic rings. The number of Topliss-reactive ketones (excluding diaryl/α,β-unsaturated/α-hetero) is 1. The minimum Gasteiger partial charge on any atom is -0.487 e. The van der Waals surface area contributed by atoms with E-state index in [9.17, 15) is 4.79 Å². The van der Waals surface area contributed by atoms with Crippen LogP contribution in [0, 0.1) is 0 Å². The van der Waals surface area contributed by atoms with Gasteiger partial charge in [0.15, 0.2) is 5.78 Å². The predicted octanol–water partition coefficient (Wildman–Crippen LogP) is 2.89. The highest BCUT2D eigenvalue weighted by Crippen LogP contribution is 2.34. The standard InChI is InChI=1S/C14H19NO2/c1-4-7-15-9-10(2)17-14-6-5-12(11(3)16)8-13(14)15/h5-6,8,10H,4,7,9H2,1-3H3. The Balaban J connectivity index is 2.38. The number of nitrogens with zero attached hydrogens (tertiary/aromatic N) is 1. The summed E-state index contributed by atoms with van der Waals surface area (Å²) in [6.45, 7) is 7.72. The van der Waals surface area contributed by atoms with Crippen molar-refractivity contribution in [3.63, 3.8) is 0 Å². The molecule has 0 fully saturated rings. The summed E-state index contributed by atoms with van der Waals surface area (Å²) in [7, 11) is 0. The second-order valence-electron chi connectivity index (χ2n) is 4.61. The van der Waals surface area contributed by atoms with E-state index in [4.69, 9.17) is 4.74 Å². The molecule has 0 aliphatic carbocycles. The molecule has 1 aromatic carbocycles. The number of carbonyl (C=O) groups is 1. The summed E-state index contributed by atoms with van der Waals surface area (Å²) in [5.74, 6) is 0.991. The number of hydrogen-bond donors (Lipinski definition) is 0. The smallest absolute Gasteiger partial charge is 0.159 e. The van der Waals surface area contributed by atoms with Crippen molar-refractivity contribution >= 4 is 11.5 Å². The normalized spacial score (nSPS) is 18.5. The fraction of sp³-hybridized carbons (Fsp3) is 0.500. The second kappa shape index (κ2) is 4.78. The monoisotopic (exact) mass is 233 g/mol. The van der Waals surface area contributed by atoms with Gasteiger partial charge in [-0.15, -0.1) is 0 Å². The van der Waals surface area contributed by atoms with Crippen LogP contribution in [-0.2, 0) is 0 Å². The Labute approximate surface area is 102 Å². The van der Waals surface area contributed by atoms with Gasteiger partial charge >= 0.3 is 0 Å². The van der Waals surface area contributed by atoms with Gasteiger partial charge in [-0.3, -0.25) is 4.79 Å². The van der Waals surface area contributed by atoms with Gasteiger partial charge in [0.05, 0.1) is 12.2 Å². The van der Waals surface area contributed by atoms with Crippen LogP contribution >= 0.6 is 0 Å². The van der Waals surface area contributed by atoms with Gasteiger partial charge < -0.3 is 9.64 Å². The topological polar surface area (TPSA) is 29.5 Å². The lowest BCUT2D eigenvalue weighted by Crippen LogP contribution is -2.38. The number of benzene rings is 1. The molecule has 1 heterocycles. The molecule has 1 aliphatic heterocycles. The number of hydrogen-bond acceptors (Lipinski definition) is 3. The number of ether oxygens (including phenoxy) is 1. The van der Waals surface area contributed by atoms with E-state index in [0.717, 1.165) is 36.5 Å². The van der Waals surface area contributed by atoms with Crippen molar-refractivity contribution in [2.45, 2.75) is 33.3 Å². The molecule has 3 nitrogen and oxygen atoms in total. The molecule has 0 spiro atoms. The highest BCUT2D eigenvalue weighted by Gasteiger charge is 2.22. The first kappa shape index (κ1) is 12.0. The maximum absolute atomic E-state index is 11.4. The maximum Gasteiger partial charge on any atom is 0.159 e. The Kier molecular flexibility index (Phi) is 3.36. The van der Waals surface area contributed by atoms with E-state index in [1.165, 1.54) is 0 Å². The Morgan fingerprint density at radius 1 is 1.53 bits per heavy atom. The molecule has 0 bridgehead atoms. The van der Waals surface area contributed by atoms with Crippen LogP contribution in [0.25, 0.3) is 0 Å². The number of anilines is 1. The van der Waals surface area contributed by atoms with E-state index in [-0.39, 0.29) is 11.9 Å². The van der Waals surface area contributed by atoms with Gasteiger partial charge in [-0.2, -0.15) is 0 Å². The molecule has 1 unspecified atom stereocenters. The minimum absolute atomic E-state index is 0.0999. The molecule has 0 saturated carbocycles. The molecule has 1 atom stereocenters. The third kappa shape index (κ3) is 2.43. The van der Waals surface area contributed by atoms with E-state index in [2.05, 4.69) is 18.7 Å². The molecule has 2 rings (SSSR count). The van der Waals surface area contributed by atoms with Crippen LogP contribution in [0.1, 0.15) is 37.6 Å². The second-order valence-corrected chi connectivity index (χ2v) is 4.61. The van der Waals surface area contributed by atoms with Crippen molar-refractivity contribution in [3.8, 4) is 5.75 Å². The predicted molar refractivity (Wildman–Crippen MR) is 69.0 cm³/mol. The summed E-state index contributed by atoms with van der Waals surface area (Å²) in [6, 6.07) is 5.69. The summed E-state index contributed by atoms with van der Waals surface area (Å²) < 4.78 is 5.79. The molecule has 0 radical (unpaired) electrons. The SMILES string of the molecule is CCCN1CC(C)Oc2ccc(C(C)=O)cc21. The average molecular weight is 233 g/mol. The molecular weight excluding hydrogens is 214 g/mol. The molecular formula is C14H19NO2. The van der Waals surface area contributed by atoms with E-state index in [1.54, 1.807) is 6.92 Å². The number of carbonyl (C=O) groups excluding carboxylic acids is 1. The van der Waals surface area contributed by atoms with Gasteiger partial charge in [0.2, 0.25) is 0 Å². The lowest BCUT2D eigenvalue weighted by Gasteiger charge is -2.35. The first-order valence-electron chi connectivity index (χ1n) is 6.18. The Bertz CT molecular complexity index is 428. The van der Waals surface area contributed by atoms with Gasteiger partial charge in [0.25, 0.3) is 0 Å². The largest absolute Gasteiger partial charge is 0.487 e. The van der Waals surface area contributed by atoms with E-state index in [0.29, 0.717) is 0 Å². The van der Waals surface area contributed by atoms with Crippen LogP contribution in [0.5, 0.6) is 5.75 Å². The molecule has 0 N–H and O–H groups in total. The quantitative estimate of drug-likeness (QED) is 0.752. The summed E-state index contributed by atoms with van der Waals surface area (Å²) >= 11 is 0. The molecule has 0 amide bonds. The van der Waals surface area contributed by atoms with E-state index >= 15 is 0 Å². The van der Waals surface area contributed by atoms with Crippen LogP contribution in [0.2, 0.25) is 0 Å². The fourth-order valence-electron chi connectivity index (χ4n) is 2.23. The lowest BCUT2D eigenvalue weighted by molar-refractivity contribution is 0.101. The van der Waals surface area contributed by atoms with Crippen LogP contribution < -0.4 is 9.64 Å². The maximum atomic E-state index is 11.4. The van der Waals surface area contributed by atoms with Gasteiger partial charge in [0, 0.05) is 12.1 Å². The zero-order chi connectivity index (χ0) is 12.4. The minimum atomic E-state index is 0.0999. The van der Waals surface area contributed by atoms with Crippen LogP contribution in [0.4, 0.5) is 5.69 Å². The average Bonchev–Trinajstić information content (AvgIpc) is 2.28. The van der Waals surface area contributed by atoms with Crippen molar-refractivity contribution in [1.29, 1.82) is 0 Å². The first-order valence-corrected chi connectivity index (χ1v) is 6.18. The number of fused-ring (bicyclic) bond motifs is 1. The first-order chi connectivity index (χ1) is 8.11. The van der Waals surface area contributed by atoms with Gasteiger partial charge in [0.1, 0.15) is 11.9 Å². The highest BCUT2D eigenvalue weighted by molar-refractivity contribution is 5.95. The number of rotatable bonds is 3. The van der Waals surface area contributed by atoms with Crippen molar-refractivity contribution in [3.05, 3.63) is 23.8 Å². The van der Waals surface area contributed by atoms with Crippen LogP contribution in [0.3, 0.4) is 0 Å². The molecule has 92 valence electrons. The zero-order valence-corrected chi connectivity index (χ0v) is 10.7. The lowest BCUT2D eigenvalue weighted by atomic mass is 10.1. The molecule has 17 heavy (non-hydrogen) atoms. The Hall–Kier alpha value is -1.51. The fourth-order valence-corrected chi connectivity index (χ4v) is 2.23. The Morgan fingerprint density at radius 3 is 2.94 bits per heavy atom. The molecule has 0 saturated heterocycles. The van der Waals surface area contributed by atoms with Crippen molar-refractivity contribution in [1.82, 2.24) is 0 Å². The summed E-state index contributed by atoms with van der Waals surface area (Å²) in [5.41, 5.74) is 1.81. The molecule has 3 heteroatoms.